The standard InChI is InChI=1S/C24H25N/c1-4-7-8-9-13-19-14-12-15-20(18-19)25-23(6-3)21(5-2)22-16-10-11-17-24(22)25/h4-8,10-11,14,16-18H,1-3,9,12-13,15H2/b8-7+. The molecule has 1 aliphatic carbocycles. The van der Waals surface area contributed by atoms with Crippen LogP contribution in [0.15, 0.2) is 80.0 Å². The lowest BCUT2D eigenvalue weighted by Gasteiger charge is -2.18. The minimum atomic E-state index is 1.04. The SMILES string of the molecule is C=C/C=C/CCC1=CCCC(n2c(C=C)c(C=C)c3ccccc32)=C1. The second-order valence-electron chi connectivity index (χ2n) is 6.22. The summed E-state index contributed by atoms with van der Waals surface area (Å²) < 4.78 is 2.35. The summed E-state index contributed by atoms with van der Waals surface area (Å²) in [5, 5.41) is 1.23. The van der Waals surface area contributed by atoms with Crippen molar-refractivity contribution in [2.45, 2.75) is 25.7 Å². The van der Waals surface area contributed by atoms with E-state index in [4.69, 9.17) is 0 Å². The summed E-state index contributed by atoms with van der Waals surface area (Å²) in [5.41, 5.74) is 6.27. The molecule has 1 heteroatoms. The van der Waals surface area contributed by atoms with Gasteiger partial charge in [0, 0.05) is 16.6 Å². The van der Waals surface area contributed by atoms with E-state index in [2.05, 4.69) is 66.8 Å². The summed E-state index contributed by atoms with van der Waals surface area (Å²) in [4.78, 5) is 0. The first-order valence-corrected chi connectivity index (χ1v) is 8.86. The highest BCUT2D eigenvalue weighted by Crippen LogP contribution is 2.34. The molecule has 1 heterocycles. The summed E-state index contributed by atoms with van der Waals surface area (Å²) in [5.74, 6) is 0. The van der Waals surface area contributed by atoms with Crippen molar-refractivity contribution < 1.29 is 0 Å². The normalized spacial score (nSPS) is 14.4. The second kappa shape index (κ2) is 7.85. The Bertz CT molecular complexity index is 900. The molecule has 1 aromatic carbocycles. The highest BCUT2D eigenvalue weighted by atomic mass is 15.0. The Morgan fingerprint density at radius 1 is 1.08 bits per heavy atom. The topological polar surface area (TPSA) is 4.93 Å². The average molecular weight is 327 g/mol. The van der Waals surface area contributed by atoms with E-state index in [9.17, 15) is 0 Å². The zero-order valence-corrected chi connectivity index (χ0v) is 14.7. The molecule has 3 rings (SSSR count). The molecule has 0 unspecified atom stereocenters. The fourth-order valence-corrected chi connectivity index (χ4v) is 3.55. The van der Waals surface area contributed by atoms with Crippen LogP contribution in [0, 0.1) is 0 Å². The van der Waals surface area contributed by atoms with Gasteiger partial charge in [-0.05, 0) is 49.5 Å². The van der Waals surface area contributed by atoms with Crippen LogP contribution in [0.2, 0.25) is 0 Å². The van der Waals surface area contributed by atoms with Crippen molar-refractivity contribution in [3.63, 3.8) is 0 Å². The van der Waals surface area contributed by atoms with Crippen LogP contribution in [-0.2, 0) is 0 Å². The van der Waals surface area contributed by atoms with Gasteiger partial charge in [0.1, 0.15) is 0 Å². The lowest BCUT2D eigenvalue weighted by molar-refractivity contribution is 0.909. The molecule has 1 aliphatic rings. The molecular formula is C24H25N. The van der Waals surface area contributed by atoms with Gasteiger partial charge in [-0.15, -0.1) is 0 Å². The number of hydrogen-bond donors (Lipinski definition) is 0. The van der Waals surface area contributed by atoms with E-state index in [0.29, 0.717) is 0 Å². The lowest BCUT2D eigenvalue weighted by Crippen LogP contribution is -2.03. The lowest BCUT2D eigenvalue weighted by atomic mass is 10.00. The Morgan fingerprint density at radius 2 is 1.92 bits per heavy atom. The van der Waals surface area contributed by atoms with E-state index in [0.717, 1.165) is 36.9 Å². The highest BCUT2D eigenvalue weighted by Gasteiger charge is 2.17. The number of rotatable bonds is 7. The minimum Gasteiger partial charge on any atom is -0.313 e. The Hall–Kier alpha value is -2.80. The molecule has 0 amide bonds. The number of hydrogen-bond acceptors (Lipinski definition) is 0. The number of para-hydroxylation sites is 1. The molecule has 0 saturated heterocycles. The van der Waals surface area contributed by atoms with Gasteiger partial charge in [-0.25, -0.2) is 0 Å². The quantitative estimate of drug-likeness (QED) is 0.482. The molecule has 0 aliphatic heterocycles. The van der Waals surface area contributed by atoms with Crippen LogP contribution < -0.4 is 0 Å². The molecule has 126 valence electrons. The van der Waals surface area contributed by atoms with Gasteiger partial charge in [-0.3, -0.25) is 0 Å². The van der Waals surface area contributed by atoms with Crippen LogP contribution in [-0.4, -0.2) is 4.57 Å². The van der Waals surface area contributed by atoms with Crippen LogP contribution in [0.5, 0.6) is 0 Å². The monoisotopic (exact) mass is 327 g/mol. The third-order valence-electron chi connectivity index (χ3n) is 4.67. The van der Waals surface area contributed by atoms with Gasteiger partial charge in [-0.1, -0.05) is 68.3 Å². The fraction of sp³-hybridized carbons (Fsp3) is 0.167. The van der Waals surface area contributed by atoms with Crippen molar-refractivity contribution in [1.82, 2.24) is 4.57 Å². The highest BCUT2D eigenvalue weighted by molar-refractivity contribution is 5.96. The van der Waals surface area contributed by atoms with Crippen LogP contribution >= 0.6 is 0 Å². The van der Waals surface area contributed by atoms with Crippen LogP contribution in [0.1, 0.15) is 36.9 Å². The maximum atomic E-state index is 4.05. The van der Waals surface area contributed by atoms with Crippen molar-refractivity contribution in [3.05, 3.63) is 91.2 Å². The Kier molecular flexibility index (Phi) is 5.35. The third kappa shape index (κ3) is 3.36. The first-order valence-electron chi connectivity index (χ1n) is 8.86. The second-order valence-corrected chi connectivity index (χ2v) is 6.22. The summed E-state index contributed by atoms with van der Waals surface area (Å²) in [6.07, 6.45) is 18.8. The predicted molar refractivity (Wildman–Crippen MR) is 112 cm³/mol. The van der Waals surface area contributed by atoms with Gasteiger partial charge < -0.3 is 4.57 Å². The molecule has 0 bridgehead atoms. The minimum absolute atomic E-state index is 1.04. The number of aromatic nitrogens is 1. The average Bonchev–Trinajstić information content (AvgIpc) is 2.99. The summed E-state index contributed by atoms with van der Waals surface area (Å²) in [6, 6.07) is 8.52. The molecule has 0 N–H and O–H groups in total. The molecule has 1 nitrogen and oxygen atoms in total. The molecule has 0 spiro atoms. The zero-order chi connectivity index (χ0) is 17.6. The summed E-state index contributed by atoms with van der Waals surface area (Å²) >= 11 is 0. The number of fused-ring (bicyclic) bond motifs is 1. The first-order chi connectivity index (χ1) is 12.3. The number of benzene rings is 1. The van der Waals surface area contributed by atoms with Crippen molar-refractivity contribution in [1.29, 1.82) is 0 Å². The van der Waals surface area contributed by atoms with Crippen molar-refractivity contribution >= 4 is 28.8 Å². The van der Waals surface area contributed by atoms with E-state index in [1.807, 2.05) is 24.3 Å². The Labute approximate surface area is 150 Å². The van der Waals surface area contributed by atoms with Gasteiger partial charge in [-0.2, -0.15) is 0 Å². The molecule has 25 heavy (non-hydrogen) atoms. The zero-order valence-electron chi connectivity index (χ0n) is 14.7. The van der Waals surface area contributed by atoms with Crippen molar-refractivity contribution in [3.8, 4) is 0 Å². The van der Waals surface area contributed by atoms with Crippen LogP contribution in [0.3, 0.4) is 0 Å². The fourth-order valence-electron chi connectivity index (χ4n) is 3.55. The van der Waals surface area contributed by atoms with Gasteiger partial charge in [0.15, 0.2) is 0 Å². The Morgan fingerprint density at radius 3 is 2.68 bits per heavy atom. The predicted octanol–water partition coefficient (Wildman–Crippen LogP) is 7.01. The largest absolute Gasteiger partial charge is 0.313 e. The number of nitrogens with zero attached hydrogens (tertiary/aromatic N) is 1. The van der Waals surface area contributed by atoms with Gasteiger partial charge >= 0.3 is 0 Å². The molecule has 1 aromatic heterocycles. The van der Waals surface area contributed by atoms with Gasteiger partial charge in [0.05, 0.1) is 11.2 Å². The molecule has 0 radical (unpaired) electrons. The van der Waals surface area contributed by atoms with Crippen molar-refractivity contribution in [2.24, 2.45) is 0 Å². The number of allylic oxidation sites excluding steroid dienone is 7. The van der Waals surface area contributed by atoms with E-state index < -0.39 is 0 Å². The van der Waals surface area contributed by atoms with E-state index in [-0.39, 0.29) is 0 Å². The van der Waals surface area contributed by atoms with Gasteiger partial charge in [0.25, 0.3) is 0 Å². The maximum absolute atomic E-state index is 4.05. The smallest absolute Gasteiger partial charge is 0.0537 e. The summed E-state index contributed by atoms with van der Waals surface area (Å²) in [6.45, 7) is 11.8. The summed E-state index contributed by atoms with van der Waals surface area (Å²) in [7, 11) is 0. The molecule has 0 atom stereocenters. The van der Waals surface area contributed by atoms with Crippen molar-refractivity contribution in [2.75, 3.05) is 0 Å². The van der Waals surface area contributed by atoms with Gasteiger partial charge in [0.2, 0.25) is 0 Å². The molecule has 0 saturated carbocycles. The third-order valence-corrected chi connectivity index (χ3v) is 4.67. The first kappa shape index (κ1) is 17.0. The molecule has 2 aromatic rings. The van der Waals surface area contributed by atoms with Crippen LogP contribution in [0.4, 0.5) is 0 Å². The molecular weight excluding hydrogens is 302 g/mol. The van der Waals surface area contributed by atoms with Crippen LogP contribution in [0.25, 0.3) is 28.8 Å². The maximum Gasteiger partial charge on any atom is 0.0537 e. The Balaban J connectivity index is 2.04. The van der Waals surface area contributed by atoms with E-state index in [1.165, 1.54) is 22.2 Å². The van der Waals surface area contributed by atoms with E-state index in [1.54, 1.807) is 0 Å². The molecule has 0 fully saturated rings. The van der Waals surface area contributed by atoms with E-state index >= 15 is 0 Å².